The molecule has 2 aromatic rings. The number of furan rings is 1. The van der Waals surface area contributed by atoms with Gasteiger partial charge in [-0.05, 0) is 50.1 Å². The normalized spacial score (nSPS) is 11.2. The summed E-state index contributed by atoms with van der Waals surface area (Å²) in [5.41, 5.74) is 0.824. The highest BCUT2D eigenvalue weighted by Crippen LogP contribution is 2.15. The molecule has 2 amide bonds. The zero-order chi connectivity index (χ0) is 26.9. The van der Waals surface area contributed by atoms with Crippen molar-refractivity contribution in [2.45, 2.75) is 117 Å². The average Bonchev–Trinajstić information content (AvgIpc) is 3.39. The monoisotopic (exact) mass is 514 g/mol. The van der Waals surface area contributed by atoms with Gasteiger partial charge in [-0.25, -0.2) is 4.39 Å². The highest BCUT2D eigenvalue weighted by molar-refractivity contribution is 5.85. The molecule has 0 spiro atoms. The van der Waals surface area contributed by atoms with Gasteiger partial charge in [-0.2, -0.15) is 0 Å². The van der Waals surface area contributed by atoms with Crippen molar-refractivity contribution in [3.63, 3.8) is 0 Å². The van der Waals surface area contributed by atoms with E-state index in [9.17, 15) is 14.0 Å². The van der Waals surface area contributed by atoms with Gasteiger partial charge in [0.15, 0.2) is 0 Å². The number of rotatable bonds is 19. The SMILES string of the molecule is CCCCCCCCCCCCCC(=O)N(CC(=O)N(Cc1ccc(F)cc1)Cc1ccco1)C(C)C. The fourth-order valence-corrected chi connectivity index (χ4v) is 4.52. The van der Waals surface area contributed by atoms with Gasteiger partial charge in [0.1, 0.15) is 11.6 Å². The minimum absolute atomic E-state index is 0.0242. The Balaban J connectivity index is 1.80. The Kier molecular flexibility index (Phi) is 14.7. The Hall–Kier alpha value is -2.63. The van der Waals surface area contributed by atoms with E-state index >= 15 is 0 Å². The molecule has 37 heavy (non-hydrogen) atoms. The van der Waals surface area contributed by atoms with E-state index in [-0.39, 0.29) is 30.2 Å². The zero-order valence-electron chi connectivity index (χ0n) is 23.2. The van der Waals surface area contributed by atoms with Crippen LogP contribution in [0.3, 0.4) is 0 Å². The van der Waals surface area contributed by atoms with Crippen LogP contribution in [0, 0.1) is 5.82 Å². The van der Waals surface area contributed by atoms with Crippen molar-refractivity contribution in [3.05, 3.63) is 59.8 Å². The third kappa shape index (κ3) is 12.4. The second-order valence-corrected chi connectivity index (χ2v) is 10.4. The van der Waals surface area contributed by atoms with Gasteiger partial charge in [0.25, 0.3) is 0 Å². The molecule has 0 N–H and O–H groups in total. The molecule has 0 radical (unpaired) electrons. The molecule has 2 rings (SSSR count). The summed E-state index contributed by atoms with van der Waals surface area (Å²) in [7, 11) is 0. The van der Waals surface area contributed by atoms with Gasteiger partial charge >= 0.3 is 0 Å². The molecule has 206 valence electrons. The quantitative estimate of drug-likeness (QED) is 0.179. The van der Waals surface area contributed by atoms with E-state index in [2.05, 4.69) is 6.92 Å². The van der Waals surface area contributed by atoms with Crippen LogP contribution in [0.5, 0.6) is 0 Å². The molecule has 0 fully saturated rings. The molecule has 0 aliphatic carbocycles. The topological polar surface area (TPSA) is 53.8 Å². The lowest BCUT2D eigenvalue weighted by molar-refractivity contribution is -0.143. The first-order chi connectivity index (χ1) is 17.9. The van der Waals surface area contributed by atoms with Crippen LogP contribution in [-0.2, 0) is 22.7 Å². The van der Waals surface area contributed by atoms with Gasteiger partial charge in [-0.1, -0.05) is 83.3 Å². The number of unbranched alkanes of at least 4 members (excludes halogenated alkanes) is 10. The maximum Gasteiger partial charge on any atom is 0.242 e. The van der Waals surface area contributed by atoms with Gasteiger partial charge < -0.3 is 14.2 Å². The van der Waals surface area contributed by atoms with Crippen LogP contribution in [-0.4, -0.2) is 34.2 Å². The van der Waals surface area contributed by atoms with Crippen molar-refractivity contribution >= 4 is 11.8 Å². The van der Waals surface area contributed by atoms with Gasteiger partial charge in [-0.15, -0.1) is 0 Å². The van der Waals surface area contributed by atoms with E-state index in [1.807, 2.05) is 19.9 Å². The van der Waals surface area contributed by atoms with Crippen molar-refractivity contribution in [1.29, 1.82) is 0 Å². The number of amides is 2. The van der Waals surface area contributed by atoms with Crippen molar-refractivity contribution in [3.8, 4) is 0 Å². The molecule has 6 heteroatoms. The Bertz CT molecular complexity index is 880. The summed E-state index contributed by atoms with van der Waals surface area (Å²) in [4.78, 5) is 29.7. The molecule has 0 saturated heterocycles. The van der Waals surface area contributed by atoms with Crippen LogP contribution < -0.4 is 0 Å². The fourth-order valence-electron chi connectivity index (χ4n) is 4.52. The molecular weight excluding hydrogens is 467 g/mol. The number of hydrogen-bond donors (Lipinski definition) is 0. The molecule has 0 aliphatic heterocycles. The second kappa shape index (κ2) is 17.8. The minimum atomic E-state index is -0.313. The average molecular weight is 515 g/mol. The maximum absolute atomic E-state index is 13.4. The lowest BCUT2D eigenvalue weighted by Crippen LogP contribution is -2.45. The molecule has 5 nitrogen and oxygen atoms in total. The highest BCUT2D eigenvalue weighted by atomic mass is 19.1. The van der Waals surface area contributed by atoms with Crippen molar-refractivity contribution < 1.29 is 18.4 Å². The van der Waals surface area contributed by atoms with Crippen LogP contribution >= 0.6 is 0 Å². The number of nitrogens with zero attached hydrogens (tertiary/aromatic N) is 2. The summed E-state index contributed by atoms with van der Waals surface area (Å²) in [6.07, 6.45) is 15.7. The summed E-state index contributed by atoms with van der Waals surface area (Å²) in [6, 6.07) is 9.67. The predicted octanol–water partition coefficient (Wildman–Crippen LogP) is 7.89. The molecule has 1 aromatic carbocycles. The van der Waals surface area contributed by atoms with Gasteiger partial charge in [0, 0.05) is 19.0 Å². The Morgan fingerprint density at radius 2 is 1.41 bits per heavy atom. The second-order valence-electron chi connectivity index (χ2n) is 10.4. The summed E-state index contributed by atoms with van der Waals surface area (Å²) in [5.74, 6) is 0.228. The van der Waals surface area contributed by atoms with Crippen LogP contribution in [0.25, 0.3) is 0 Å². The van der Waals surface area contributed by atoms with Crippen molar-refractivity contribution in [2.75, 3.05) is 6.54 Å². The summed E-state index contributed by atoms with van der Waals surface area (Å²) < 4.78 is 18.8. The van der Waals surface area contributed by atoms with Crippen LogP contribution in [0.4, 0.5) is 4.39 Å². The smallest absolute Gasteiger partial charge is 0.242 e. The number of hydrogen-bond acceptors (Lipinski definition) is 3. The van der Waals surface area contributed by atoms with E-state index in [1.165, 1.54) is 63.5 Å². The molecule has 1 heterocycles. The highest BCUT2D eigenvalue weighted by Gasteiger charge is 2.24. The van der Waals surface area contributed by atoms with E-state index in [0.29, 0.717) is 25.3 Å². The van der Waals surface area contributed by atoms with Gasteiger partial charge in [0.2, 0.25) is 11.8 Å². The maximum atomic E-state index is 13.4. The minimum Gasteiger partial charge on any atom is -0.467 e. The molecule has 0 aliphatic rings. The largest absolute Gasteiger partial charge is 0.467 e. The predicted molar refractivity (Wildman–Crippen MR) is 147 cm³/mol. The molecule has 0 bridgehead atoms. The third-order valence-corrected chi connectivity index (χ3v) is 6.81. The van der Waals surface area contributed by atoms with E-state index in [4.69, 9.17) is 4.42 Å². The van der Waals surface area contributed by atoms with Crippen molar-refractivity contribution in [2.24, 2.45) is 0 Å². The van der Waals surface area contributed by atoms with Crippen LogP contribution in [0.2, 0.25) is 0 Å². The number of carbonyl (C=O) groups is 2. The third-order valence-electron chi connectivity index (χ3n) is 6.81. The first kappa shape index (κ1) is 30.6. The standard InChI is InChI=1S/C31H47FN2O3/c1-4-5-6-7-8-9-10-11-12-13-14-17-30(35)34(26(2)3)25-31(36)33(24-29-16-15-22-37-29)23-27-18-20-28(32)21-19-27/h15-16,18-22,26H,4-14,17,23-25H2,1-3H3. The summed E-state index contributed by atoms with van der Waals surface area (Å²) >= 11 is 0. The zero-order valence-corrected chi connectivity index (χ0v) is 23.2. The van der Waals surface area contributed by atoms with Gasteiger partial charge in [0.05, 0.1) is 19.4 Å². The molecule has 1 aromatic heterocycles. The number of carbonyl (C=O) groups excluding carboxylic acids is 2. The fraction of sp³-hybridized carbons (Fsp3) is 0.613. The Labute approximate surface area is 223 Å². The van der Waals surface area contributed by atoms with Crippen molar-refractivity contribution in [1.82, 2.24) is 9.80 Å². The van der Waals surface area contributed by atoms with E-state index in [0.717, 1.165) is 24.8 Å². The Morgan fingerprint density at radius 3 is 1.95 bits per heavy atom. The molecule has 0 atom stereocenters. The Morgan fingerprint density at radius 1 is 0.811 bits per heavy atom. The number of benzene rings is 1. The summed E-state index contributed by atoms with van der Waals surface area (Å²) in [6.45, 7) is 6.78. The lowest BCUT2D eigenvalue weighted by Gasteiger charge is -2.30. The first-order valence-corrected chi connectivity index (χ1v) is 14.2. The van der Waals surface area contributed by atoms with Crippen LogP contribution in [0.1, 0.15) is 109 Å². The first-order valence-electron chi connectivity index (χ1n) is 14.2. The molecular formula is C31H47FN2O3. The van der Waals surface area contributed by atoms with E-state index in [1.54, 1.807) is 34.3 Å². The molecule has 0 unspecified atom stereocenters. The summed E-state index contributed by atoms with van der Waals surface area (Å²) in [5, 5.41) is 0. The van der Waals surface area contributed by atoms with Gasteiger partial charge in [-0.3, -0.25) is 9.59 Å². The van der Waals surface area contributed by atoms with Crippen LogP contribution in [0.15, 0.2) is 47.1 Å². The lowest BCUT2D eigenvalue weighted by atomic mass is 10.0. The molecule has 0 saturated carbocycles. The van der Waals surface area contributed by atoms with E-state index < -0.39 is 0 Å². The number of halogens is 1.